The van der Waals surface area contributed by atoms with E-state index in [1.165, 1.54) is 0 Å². The number of rotatable bonds is 4. The predicted molar refractivity (Wildman–Crippen MR) is 98.3 cm³/mol. The number of carbonyl (C=O) groups excluding carboxylic acids is 2. The summed E-state index contributed by atoms with van der Waals surface area (Å²) < 4.78 is 39.2. The minimum Gasteiger partial charge on any atom is -0.317 e. The molecule has 2 saturated heterocycles. The minimum absolute atomic E-state index is 0. The number of aromatic nitrogens is 1. The summed E-state index contributed by atoms with van der Waals surface area (Å²) in [6.07, 6.45) is 0.405. The Morgan fingerprint density at radius 3 is 2.50 bits per heavy atom. The molecular formula is C18H22ClF3N4O2. The molecule has 2 aliphatic heterocycles. The molecule has 0 bridgehead atoms. The lowest BCUT2D eigenvalue weighted by Gasteiger charge is -2.38. The van der Waals surface area contributed by atoms with Crippen molar-refractivity contribution < 1.29 is 22.8 Å². The molecule has 1 aliphatic carbocycles. The van der Waals surface area contributed by atoms with Gasteiger partial charge in [-0.3, -0.25) is 4.79 Å². The molecular weight excluding hydrogens is 397 g/mol. The third-order valence-corrected chi connectivity index (χ3v) is 5.73. The van der Waals surface area contributed by atoms with Crippen molar-refractivity contribution in [1.82, 2.24) is 15.2 Å². The Labute approximate surface area is 166 Å². The number of alkyl halides is 3. The molecule has 0 radical (unpaired) electrons. The van der Waals surface area contributed by atoms with E-state index in [0.29, 0.717) is 38.4 Å². The van der Waals surface area contributed by atoms with Crippen LogP contribution in [0.4, 0.5) is 23.8 Å². The molecule has 3 heterocycles. The van der Waals surface area contributed by atoms with Crippen molar-refractivity contribution in [2.75, 3.05) is 24.5 Å². The first-order chi connectivity index (χ1) is 12.8. The Hall–Kier alpha value is -1.87. The second-order valence-corrected chi connectivity index (χ2v) is 7.49. The third-order valence-electron chi connectivity index (χ3n) is 5.73. The van der Waals surface area contributed by atoms with Gasteiger partial charge in [0, 0.05) is 12.7 Å². The zero-order valence-corrected chi connectivity index (χ0v) is 16.0. The number of amides is 3. The highest BCUT2D eigenvalue weighted by atomic mass is 35.5. The highest BCUT2D eigenvalue weighted by Crippen LogP contribution is 2.41. The number of urea groups is 1. The highest BCUT2D eigenvalue weighted by molar-refractivity contribution is 6.22. The first-order valence-electron chi connectivity index (χ1n) is 9.23. The Morgan fingerprint density at radius 1 is 1.21 bits per heavy atom. The number of anilines is 1. The van der Waals surface area contributed by atoms with Crippen LogP contribution in [0.5, 0.6) is 0 Å². The third kappa shape index (κ3) is 3.57. The number of halogens is 4. The minimum atomic E-state index is -4.57. The molecule has 3 amide bonds. The maximum absolute atomic E-state index is 13.2. The van der Waals surface area contributed by atoms with Crippen LogP contribution in [-0.2, 0) is 11.0 Å². The molecule has 6 nitrogen and oxygen atoms in total. The number of pyridine rings is 1. The molecule has 3 aliphatic rings. The van der Waals surface area contributed by atoms with Gasteiger partial charge in [-0.05, 0) is 50.4 Å². The molecule has 154 valence electrons. The summed E-state index contributed by atoms with van der Waals surface area (Å²) >= 11 is 0. The van der Waals surface area contributed by atoms with Gasteiger partial charge in [0.1, 0.15) is 11.4 Å². The first-order valence-corrected chi connectivity index (χ1v) is 9.23. The van der Waals surface area contributed by atoms with Gasteiger partial charge in [-0.1, -0.05) is 12.8 Å². The van der Waals surface area contributed by atoms with Crippen LogP contribution in [0, 0.1) is 5.92 Å². The van der Waals surface area contributed by atoms with Crippen molar-refractivity contribution in [3.63, 3.8) is 0 Å². The van der Waals surface area contributed by atoms with Crippen LogP contribution in [0.15, 0.2) is 18.3 Å². The van der Waals surface area contributed by atoms with Gasteiger partial charge < -0.3 is 10.2 Å². The molecule has 1 N–H and O–H groups in total. The van der Waals surface area contributed by atoms with Gasteiger partial charge in [0.25, 0.3) is 5.91 Å². The van der Waals surface area contributed by atoms with Crippen molar-refractivity contribution in [2.24, 2.45) is 5.92 Å². The van der Waals surface area contributed by atoms with Gasteiger partial charge in [0.15, 0.2) is 0 Å². The highest BCUT2D eigenvalue weighted by Gasteiger charge is 2.58. The van der Waals surface area contributed by atoms with Crippen LogP contribution in [0.3, 0.4) is 0 Å². The number of hydrogen-bond donors (Lipinski definition) is 1. The molecule has 1 spiro atoms. The molecule has 4 rings (SSSR count). The number of nitrogens with zero attached hydrogens (tertiary/aromatic N) is 3. The van der Waals surface area contributed by atoms with Crippen LogP contribution in [0.2, 0.25) is 0 Å². The van der Waals surface area contributed by atoms with Crippen molar-refractivity contribution in [2.45, 2.75) is 43.8 Å². The Kier molecular flexibility index (Phi) is 5.60. The lowest BCUT2D eigenvalue weighted by Crippen LogP contribution is -2.56. The fourth-order valence-corrected chi connectivity index (χ4v) is 3.99. The maximum Gasteiger partial charge on any atom is 0.416 e. The number of nitrogens with one attached hydrogen (secondary N) is 1. The first kappa shape index (κ1) is 20.9. The molecule has 1 aromatic rings. The number of piperidine rings is 1. The van der Waals surface area contributed by atoms with Crippen molar-refractivity contribution >= 4 is 30.2 Å². The lowest BCUT2D eigenvalue weighted by molar-refractivity contribution is -0.137. The smallest absolute Gasteiger partial charge is 0.317 e. The molecule has 1 aromatic heterocycles. The average molecular weight is 419 g/mol. The normalized spacial score (nSPS) is 22.0. The quantitative estimate of drug-likeness (QED) is 0.762. The Bertz CT molecular complexity index is 763. The fourth-order valence-electron chi connectivity index (χ4n) is 3.99. The fraction of sp³-hybridized carbons (Fsp3) is 0.611. The van der Waals surface area contributed by atoms with Crippen molar-refractivity contribution in [3.8, 4) is 0 Å². The van der Waals surface area contributed by atoms with Crippen LogP contribution >= 0.6 is 12.4 Å². The molecule has 0 aromatic carbocycles. The van der Waals surface area contributed by atoms with E-state index in [1.807, 2.05) is 0 Å². The van der Waals surface area contributed by atoms with Gasteiger partial charge in [-0.2, -0.15) is 13.2 Å². The van der Waals surface area contributed by atoms with E-state index in [9.17, 15) is 22.8 Å². The summed E-state index contributed by atoms with van der Waals surface area (Å²) in [5, 5.41) is 3.18. The Morgan fingerprint density at radius 2 is 1.89 bits per heavy atom. The summed E-state index contributed by atoms with van der Waals surface area (Å²) in [5.41, 5.74) is -1.91. The number of imide groups is 1. The van der Waals surface area contributed by atoms with Gasteiger partial charge in [0.2, 0.25) is 0 Å². The van der Waals surface area contributed by atoms with E-state index in [1.54, 1.807) is 4.90 Å². The van der Waals surface area contributed by atoms with E-state index in [0.717, 1.165) is 42.5 Å². The van der Waals surface area contributed by atoms with Crippen molar-refractivity contribution in [3.05, 3.63) is 23.9 Å². The topological polar surface area (TPSA) is 65.5 Å². The molecule has 1 saturated carbocycles. The van der Waals surface area contributed by atoms with Crippen LogP contribution in [0.1, 0.15) is 37.7 Å². The standard InChI is InChI=1S/C18H21F3N4O2.ClH/c19-18(20,21)13-3-7-23-14(11-13)25-15(26)17(5-8-22-9-6-17)24(16(25)27)10-4-12-1-2-12;/h3,7,11-12,22H,1-2,4-6,8-10H2;1H. The summed E-state index contributed by atoms with van der Waals surface area (Å²) in [6, 6.07) is 1.05. The van der Waals surface area contributed by atoms with Crippen LogP contribution < -0.4 is 10.2 Å². The van der Waals surface area contributed by atoms with E-state index in [2.05, 4.69) is 10.3 Å². The van der Waals surface area contributed by atoms with Gasteiger partial charge in [-0.25, -0.2) is 14.7 Å². The van der Waals surface area contributed by atoms with Crippen LogP contribution in [0.25, 0.3) is 0 Å². The molecule has 28 heavy (non-hydrogen) atoms. The number of hydrogen-bond acceptors (Lipinski definition) is 4. The van der Waals surface area contributed by atoms with E-state index >= 15 is 0 Å². The zero-order chi connectivity index (χ0) is 19.2. The van der Waals surface area contributed by atoms with Crippen molar-refractivity contribution in [1.29, 1.82) is 0 Å². The number of carbonyl (C=O) groups is 2. The summed E-state index contributed by atoms with van der Waals surface area (Å²) in [4.78, 5) is 32.6. The average Bonchev–Trinajstić information content (AvgIpc) is 3.44. The van der Waals surface area contributed by atoms with Gasteiger partial charge in [-0.15, -0.1) is 12.4 Å². The second kappa shape index (κ2) is 7.51. The van der Waals surface area contributed by atoms with E-state index in [-0.39, 0.29) is 18.2 Å². The predicted octanol–water partition coefficient (Wildman–Crippen LogP) is 3.21. The van der Waals surface area contributed by atoms with Gasteiger partial charge in [0.05, 0.1) is 5.56 Å². The zero-order valence-electron chi connectivity index (χ0n) is 15.2. The maximum atomic E-state index is 13.2. The molecule has 10 heteroatoms. The van der Waals surface area contributed by atoms with Crippen LogP contribution in [-0.4, -0.2) is 47.0 Å². The lowest BCUT2D eigenvalue weighted by atomic mass is 9.86. The monoisotopic (exact) mass is 418 g/mol. The van der Waals surface area contributed by atoms with E-state index in [4.69, 9.17) is 0 Å². The molecule has 0 unspecified atom stereocenters. The second-order valence-electron chi connectivity index (χ2n) is 7.49. The van der Waals surface area contributed by atoms with Gasteiger partial charge >= 0.3 is 12.2 Å². The summed E-state index contributed by atoms with van der Waals surface area (Å²) in [6.45, 7) is 1.62. The summed E-state index contributed by atoms with van der Waals surface area (Å²) in [7, 11) is 0. The molecule has 3 fully saturated rings. The Balaban J connectivity index is 0.00000225. The largest absolute Gasteiger partial charge is 0.416 e. The molecule has 0 atom stereocenters. The summed E-state index contributed by atoms with van der Waals surface area (Å²) in [5.74, 6) is -0.143. The SMILES string of the molecule is Cl.O=C1N(c2cc(C(F)(F)F)ccn2)C(=O)C2(CCNCC2)N1CCC1CC1. The van der Waals surface area contributed by atoms with E-state index < -0.39 is 29.2 Å².